The van der Waals surface area contributed by atoms with Gasteiger partial charge in [-0.3, -0.25) is 10.1 Å². The zero-order valence-electron chi connectivity index (χ0n) is 12.8. The van der Waals surface area contributed by atoms with Crippen molar-refractivity contribution in [3.05, 3.63) is 70.6 Å². The number of aromatic nitrogens is 2. The number of halogens is 1. The van der Waals surface area contributed by atoms with Crippen LogP contribution in [0, 0.1) is 0 Å². The Morgan fingerprint density at radius 2 is 2.00 bits per heavy atom. The van der Waals surface area contributed by atoms with Gasteiger partial charge in [-0.1, -0.05) is 34.9 Å². The van der Waals surface area contributed by atoms with Gasteiger partial charge in [0.1, 0.15) is 0 Å². The van der Waals surface area contributed by atoms with Gasteiger partial charge in [-0.15, -0.1) is 16.9 Å². The molecule has 5 nitrogen and oxygen atoms in total. The average Bonchev–Trinajstić information content (AvgIpc) is 3.02. The minimum absolute atomic E-state index is 0.0655. The molecule has 0 saturated heterocycles. The summed E-state index contributed by atoms with van der Waals surface area (Å²) in [6.07, 6.45) is 2.54. The van der Waals surface area contributed by atoms with Gasteiger partial charge in [0.2, 0.25) is 5.89 Å². The van der Waals surface area contributed by atoms with Crippen molar-refractivity contribution < 1.29 is 9.21 Å². The number of nitrogens with zero attached hydrogens (tertiary/aromatic N) is 2. The van der Waals surface area contributed by atoms with Gasteiger partial charge in [0.05, 0.1) is 6.42 Å². The first kappa shape index (κ1) is 16.5. The van der Waals surface area contributed by atoms with Gasteiger partial charge in [0.25, 0.3) is 5.91 Å². The molecule has 0 bridgehead atoms. The molecule has 0 aliphatic carbocycles. The van der Waals surface area contributed by atoms with Crippen LogP contribution in [0.5, 0.6) is 0 Å². The third-order valence-corrected chi connectivity index (χ3v) is 4.27. The highest BCUT2D eigenvalue weighted by atomic mass is 35.5. The molecule has 2 aromatic carbocycles. The van der Waals surface area contributed by atoms with E-state index in [4.69, 9.17) is 16.0 Å². The molecule has 0 fully saturated rings. The number of carbonyl (C=O) groups excluding carboxylic acids is 1. The van der Waals surface area contributed by atoms with Crippen LogP contribution in [0.4, 0.5) is 6.01 Å². The quantitative estimate of drug-likeness (QED) is 0.688. The predicted octanol–water partition coefficient (Wildman–Crippen LogP) is 4.29. The Labute approximate surface area is 148 Å². The second-order valence-corrected chi connectivity index (χ2v) is 6.31. The minimum atomic E-state index is -0.350. The zero-order valence-corrected chi connectivity index (χ0v) is 14.4. The van der Waals surface area contributed by atoms with Gasteiger partial charge in [-0.25, -0.2) is 0 Å². The van der Waals surface area contributed by atoms with Crippen molar-refractivity contribution >= 4 is 35.3 Å². The first-order valence-electron chi connectivity index (χ1n) is 7.16. The third kappa shape index (κ3) is 4.15. The Balaban J connectivity index is 1.65. The predicted molar refractivity (Wildman–Crippen MR) is 94.7 cm³/mol. The number of benzene rings is 2. The summed E-state index contributed by atoms with van der Waals surface area (Å²) >= 11 is 7.56. The summed E-state index contributed by atoms with van der Waals surface area (Å²) < 4.78 is 5.47. The summed E-state index contributed by atoms with van der Waals surface area (Å²) in [4.78, 5) is 13.3. The SMILES string of the molecule is CSc1ccc(Cc2nnc(NC(=O)c3cccc(Cl)c3)o2)cc1. The molecule has 1 N–H and O–H groups in total. The highest BCUT2D eigenvalue weighted by Crippen LogP contribution is 2.18. The standard InChI is InChI=1S/C17H14ClN3O2S/c1-24-14-7-5-11(6-8-14)9-15-20-21-17(23-15)19-16(22)12-3-2-4-13(18)10-12/h2-8,10H,9H2,1H3,(H,19,21,22). The van der Waals surface area contributed by atoms with E-state index in [1.807, 2.05) is 30.5 Å². The Hall–Kier alpha value is -2.31. The summed E-state index contributed by atoms with van der Waals surface area (Å²) in [5.74, 6) is 0.0883. The zero-order chi connectivity index (χ0) is 16.9. The Morgan fingerprint density at radius 3 is 2.71 bits per heavy atom. The van der Waals surface area contributed by atoms with Gasteiger partial charge in [0.15, 0.2) is 0 Å². The fourth-order valence-corrected chi connectivity index (χ4v) is 2.69. The van der Waals surface area contributed by atoms with Crippen molar-refractivity contribution in [3.63, 3.8) is 0 Å². The van der Waals surface area contributed by atoms with Crippen LogP contribution >= 0.6 is 23.4 Å². The van der Waals surface area contributed by atoms with E-state index in [1.165, 1.54) is 4.90 Å². The largest absolute Gasteiger partial charge is 0.407 e. The van der Waals surface area contributed by atoms with E-state index in [0.717, 1.165) is 5.56 Å². The van der Waals surface area contributed by atoms with Crippen LogP contribution in [0.1, 0.15) is 21.8 Å². The van der Waals surface area contributed by atoms with Crippen LogP contribution < -0.4 is 5.32 Å². The first-order chi connectivity index (χ1) is 11.6. The van der Waals surface area contributed by atoms with E-state index < -0.39 is 0 Å². The van der Waals surface area contributed by atoms with Crippen LogP contribution in [-0.2, 0) is 6.42 Å². The molecule has 0 radical (unpaired) electrons. The van der Waals surface area contributed by atoms with Crippen LogP contribution in [0.15, 0.2) is 57.8 Å². The summed E-state index contributed by atoms with van der Waals surface area (Å²) in [6.45, 7) is 0. The molecule has 0 aliphatic rings. The minimum Gasteiger partial charge on any atom is -0.407 e. The normalized spacial score (nSPS) is 10.6. The molecule has 0 atom stereocenters. The van der Waals surface area contributed by atoms with Crippen molar-refractivity contribution in [2.24, 2.45) is 0 Å². The van der Waals surface area contributed by atoms with Gasteiger partial charge in [-0.2, -0.15) is 0 Å². The number of carbonyl (C=O) groups is 1. The Kier molecular flexibility index (Phi) is 5.17. The molecule has 7 heteroatoms. The second-order valence-electron chi connectivity index (χ2n) is 4.99. The van der Waals surface area contributed by atoms with Crippen molar-refractivity contribution in [3.8, 4) is 0 Å². The lowest BCUT2D eigenvalue weighted by molar-refractivity contribution is 0.102. The molecule has 122 valence electrons. The van der Waals surface area contributed by atoms with E-state index in [0.29, 0.717) is 22.9 Å². The first-order valence-corrected chi connectivity index (χ1v) is 8.76. The molecule has 1 amide bonds. The maximum absolute atomic E-state index is 12.1. The molecule has 3 rings (SSSR count). The van der Waals surface area contributed by atoms with Gasteiger partial charge < -0.3 is 4.42 Å². The van der Waals surface area contributed by atoms with E-state index in [9.17, 15) is 4.79 Å². The van der Waals surface area contributed by atoms with Crippen LogP contribution in [0.25, 0.3) is 0 Å². The Bertz CT molecular complexity index is 849. The molecule has 0 aliphatic heterocycles. The number of amides is 1. The molecule has 0 spiro atoms. The van der Waals surface area contributed by atoms with E-state index in [1.54, 1.807) is 36.0 Å². The van der Waals surface area contributed by atoms with Crippen molar-refractivity contribution in [1.82, 2.24) is 10.2 Å². The van der Waals surface area contributed by atoms with Crippen molar-refractivity contribution in [2.75, 3.05) is 11.6 Å². The monoisotopic (exact) mass is 359 g/mol. The molecule has 0 saturated carbocycles. The lowest BCUT2D eigenvalue weighted by atomic mass is 10.1. The van der Waals surface area contributed by atoms with Gasteiger partial charge in [0, 0.05) is 15.5 Å². The van der Waals surface area contributed by atoms with E-state index >= 15 is 0 Å². The van der Waals surface area contributed by atoms with Crippen LogP contribution in [-0.4, -0.2) is 22.4 Å². The summed E-state index contributed by atoms with van der Waals surface area (Å²) in [5, 5.41) is 10.9. The number of nitrogens with one attached hydrogen (secondary N) is 1. The molecule has 1 aromatic heterocycles. The second kappa shape index (κ2) is 7.51. The third-order valence-electron chi connectivity index (χ3n) is 3.29. The van der Waals surface area contributed by atoms with Crippen molar-refractivity contribution in [2.45, 2.75) is 11.3 Å². The number of thioether (sulfide) groups is 1. The fraction of sp³-hybridized carbons (Fsp3) is 0.118. The summed E-state index contributed by atoms with van der Waals surface area (Å²) in [7, 11) is 0. The topological polar surface area (TPSA) is 68.0 Å². The molecule has 24 heavy (non-hydrogen) atoms. The van der Waals surface area contributed by atoms with Crippen LogP contribution in [0.3, 0.4) is 0 Å². The molecular weight excluding hydrogens is 346 g/mol. The van der Waals surface area contributed by atoms with E-state index in [-0.39, 0.29) is 11.9 Å². The van der Waals surface area contributed by atoms with Crippen molar-refractivity contribution in [1.29, 1.82) is 0 Å². The lowest BCUT2D eigenvalue weighted by Gasteiger charge is -2.01. The molecule has 0 unspecified atom stereocenters. The highest BCUT2D eigenvalue weighted by molar-refractivity contribution is 7.98. The number of hydrogen-bond donors (Lipinski definition) is 1. The number of hydrogen-bond acceptors (Lipinski definition) is 5. The summed E-state index contributed by atoms with van der Waals surface area (Å²) in [6, 6.07) is 14.8. The maximum Gasteiger partial charge on any atom is 0.322 e. The fourth-order valence-electron chi connectivity index (χ4n) is 2.09. The molecule has 1 heterocycles. The molecular formula is C17H14ClN3O2S. The van der Waals surface area contributed by atoms with Crippen LogP contribution in [0.2, 0.25) is 5.02 Å². The highest BCUT2D eigenvalue weighted by Gasteiger charge is 2.12. The van der Waals surface area contributed by atoms with E-state index in [2.05, 4.69) is 15.5 Å². The smallest absolute Gasteiger partial charge is 0.322 e. The van der Waals surface area contributed by atoms with Gasteiger partial charge in [-0.05, 0) is 42.2 Å². The maximum atomic E-state index is 12.1. The average molecular weight is 360 g/mol. The molecule has 3 aromatic rings. The van der Waals surface area contributed by atoms with Gasteiger partial charge >= 0.3 is 6.01 Å². The number of rotatable bonds is 5. The number of anilines is 1. The summed E-state index contributed by atoms with van der Waals surface area (Å²) in [5.41, 5.74) is 1.49. The lowest BCUT2D eigenvalue weighted by Crippen LogP contribution is -2.11. The Morgan fingerprint density at radius 1 is 1.21 bits per heavy atom.